The van der Waals surface area contributed by atoms with E-state index in [1.807, 2.05) is 6.92 Å². The summed E-state index contributed by atoms with van der Waals surface area (Å²) in [6.45, 7) is 7.84. The van der Waals surface area contributed by atoms with Gasteiger partial charge in [0.1, 0.15) is 5.76 Å². The minimum Gasteiger partial charge on any atom is -0.511 e. The lowest BCUT2D eigenvalue weighted by molar-refractivity contribution is -0.116. The maximum atomic E-state index is 12.5. The van der Waals surface area contributed by atoms with E-state index in [2.05, 4.69) is 59.7 Å². The van der Waals surface area contributed by atoms with Gasteiger partial charge in [-0.25, -0.2) is 4.31 Å². The van der Waals surface area contributed by atoms with Crippen LogP contribution in [0, 0.1) is 6.92 Å². The van der Waals surface area contributed by atoms with Crippen LogP contribution in [-0.2, 0) is 4.79 Å². The highest BCUT2D eigenvalue weighted by molar-refractivity contribution is 14.2. The molecule has 1 atom stereocenters. The number of piperazine rings is 1. The van der Waals surface area contributed by atoms with Crippen molar-refractivity contribution < 1.29 is 9.90 Å². The molecule has 1 aliphatic carbocycles. The number of aryl methyl sites for hydroxylation is 1. The Bertz CT molecular complexity index is 712. The molecular weight excluding hydrogens is 473 g/mol. The third-order valence-electron chi connectivity index (χ3n) is 5.23. The van der Waals surface area contributed by atoms with E-state index in [1.54, 1.807) is 15.3 Å². The van der Waals surface area contributed by atoms with Gasteiger partial charge < -0.3 is 5.11 Å². The Hall–Kier alpha value is -0.900. The molecule has 0 aromatic heterocycles. The number of aliphatic hydroxyl groups is 1. The first-order valence-corrected chi connectivity index (χ1v) is 12.7. The number of hydrogen-bond acceptors (Lipinski definition) is 6. The zero-order chi connectivity index (χ0) is 19.2. The zero-order valence-electron chi connectivity index (χ0n) is 15.6. The van der Waals surface area contributed by atoms with Crippen LogP contribution < -0.4 is 0 Å². The molecule has 5 nitrogen and oxygen atoms in total. The fourth-order valence-electron chi connectivity index (χ4n) is 3.51. The highest BCUT2D eigenvalue weighted by Gasteiger charge is 2.27. The molecule has 1 saturated heterocycles. The van der Waals surface area contributed by atoms with Gasteiger partial charge in [-0.3, -0.25) is 14.7 Å². The number of halogens is 1. The number of benzene rings is 1. The summed E-state index contributed by atoms with van der Waals surface area (Å²) in [5, 5.41) is 10.4. The van der Waals surface area contributed by atoms with Gasteiger partial charge in [-0.2, -0.15) is 0 Å². The Balaban J connectivity index is 1.52. The second-order valence-electron chi connectivity index (χ2n) is 7.17. The quantitative estimate of drug-likeness (QED) is 0.365. The van der Waals surface area contributed by atoms with Crippen molar-refractivity contribution in [2.24, 2.45) is 4.99 Å². The Morgan fingerprint density at radius 3 is 2.56 bits per heavy atom. The molecule has 1 unspecified atom stereocenters. The zero-order valence-corrected chi connectivity index (χ0v) is 18.6. The number of ketones is 1. The van der Waals surface area contributed by atoms with Crippen LogP contribution in [0.4, 0.5) is 0 Å². The van der Waals surface area contributed by atoms with Crippen molar-refractivity contribution in [2.45, 2.75) is 25.7 Å². The number of rotatable bonds is 6. The minimum absolute atomic E-state index is 0.0132. The van der Waals surface area contributed by atoms with Crippen molar-refractivity contribution in [1.29, 1.82) is 0 Å². The van der Waals surface area contributed by atoms with Crippen LogP contribution in [0.25, 0.3) is 0 Å². The number of carbonyl (C=O) groups is 1. The van der Waals surface area contributed by atoms with Crippen molar-refractivity contribution in [3.05, 3.63) is 46.7 Å². The Kier molecular flexibility index (Phi) is 7.75. The van der Waals surface area contributed by atoms with Crippen LogP contribution >= 0.6 is 30.3 Å². The lowest BCUT2D eigenvalue weighted by atomic mass is 9.83. The third kappa shape index (κ3) is 5.79. The number of nitrogens with zero attached hydrogens (tertiary/aromatic N) is 3. The molecule has 2 aliphatic rings. The molecule has 0 amide bonds. The molecule has 1 aliphatic heterocycles. The highest BCUT2D eigenvalue weighted by Crippen LogP contribution is 2.33. The number of carbonyl (C=O) groups excluding carboxylic acids is 1. The maximum Gasteiger partial charge on any atom is 0.168 e. The van der Waals surface area contributed by atoms with E-state index < -0.39 is 0 Å². The van der Waals surface area contributed by atoms with Gasteiger partial charge in [0.2, 0.25) is 0 Å². The standard InChI is InChI=1S/C20H26IN3O2S/c1-15-2-4-16(5-3-15)17-12-19(25)18(20(26)13-17)14-22-6-7-23-8-10-24(27-21)11-9-23/h2-5,14,17,25H,6-13H2,1H3. The first kappa shape index (κ1) is 20.8. The fourth-order valence-corrected chi connectivity index (χ4v) is 4.99. The maximum absolute atomic E-state index is 12.5. The molecule has 3 rings (SSSR count). The second-order valence-corrected chi connectivity index (χ2v) is 9.01. The number of aliphatic hydroxyl groups excluding tert-OH is 1. The molecule has 1 heterocycles. The van der Waals surface area contributed by atoms with Crippen molar-refractivity contribution in [3.8, 4) is 0 Å². The van der Waals surface area contributed by atoms with Crippen LogP contribution in [0.3, 0.4) is 0 Å². The van der Waals surface area contributed by atoms with Crippen LogP contribution in [0.1, 0.15) is 29.9 Å². The van der Waals surface area contributed by atoms with E-state index in [0.717, 1.165) is 38.3 Å². The lowest BCUT2D eigenvalue weighted by Crippen LogP contribution is -2.43. The van der Waals surface area contributed by atoms with E-state index in [1.165, 1.54) is 5.56 Å². The molecule has 1 fully saturated rings. The van der Waals surface area contributed by atoms with E-state index in [9.17, 15) is 9.90 Å². The van der Waals surface area contributed by atoms with Gasteiger partial charge in [0.05, 0.1) is 12.1 Å². The molecule has 0 spiro atoms. The summed E-state index contributed by atoms with van der Waals surface area (Å²) in [5.41, 5.74) is 2.70. The normalized spacial score (nSPS) is 22.7. The summed E-state index contributed by atoms with van der Waals surface area (Å²) in [6, 6.07) is 8.21. The molecule has 0 saturated carbocycles. The summed E-state index contributed by atoms with van der Waals surface area (Å²) in [5.74, 6) is 0.219. The lowest BCUT2D eigenvalue weighted by Gasteiger charge is -2.32. The van der Waals surface area contributed by atoms with E-state index in [4.69, 9.17) is 0 Å². The fraction of sp³-hybridized carbons (Fsp3) is 0.500. The predicted octanol–water partition coefficient (Wildman–Crippen LogP) is 3.94. The van der Waals surface area contributed by atoms with Crippen molar-refractivity contribution in [2.75, 3.05) is 39.3 Å². The van der Waals surface area contributed by atoms with E-state index in [0.29, 0.717) is 25.0 Å². The largest absolute Gasteiger partial charge is 0.511 e. The van der Waals surface area contributed by atoms with Gasteiger partial charge in [0.25, 0.3) is 0 Å². The summed E-state index contributed by atoms with van der Waals surface area (Å²) >= 11 is 2.32. The number of hydrogen-bond donors (Lipinski definition) is 1. The van der Waals surface area contributed by atoms with Crippen LogP contribution in [-0.4, -0.2) is 65.6 Å². The molecule has 1 N–H and O–H groups in total. The summed E-state index contributed by atoms with van der Waals surface area (Å²) < 4.78 is 2.36. The van der Waals surface area contributed by atoms with Crippen molar-refractivity contribution >= 4 is 42.3 Å². The molecule has 1 aromatic carbocycles. The van der Waals surface area contributed by atoms with Crippen LogP contribution in [0.2, 0.25) is 0 Å². The average molecular weight is 499 g/mol. The first-order valence-electron chi connectivity index (χ1n) is 9.34. The van der Waals surface area contributed by atoms with Crippen LogP contribution in [0.15, 0.2) is 40.6 Å². The van der Waals surface area contributed by atoms with Gasteiger partial charge in [-0.1, -0.05) is 29.8 Å². The van der Waals surface area contributed by atoms with Crippen molar-refractivity contribution in [1.82, 2.24) is 9.21 Å². The van der Waals surface area contributed by atoms with Gasteiger partial charge in [-0.15, -0.1) is 0 Å². The second kappa shape index (κ2) is 10.0. The molecular formula is C20H26IN3O2S. The monoisotopic (exact) mass is 499 g/mol. The van der Waals surface area contributed by atoms with Crippen LogP contribution in [0.5, 0.6) is 0 Å². The molecule has 0 radical (unpaired) electrons. The summed E-state index contributed by atoms with van der Waals surface area (Å²) in [4.78, 5) is 19.3. The van der Waals surface area contributed by atoms with Gasteiger partial charge in [0.15, 0.2) is 5.78 Å². The highest BCUT2D eigenvalue weighted by atomic mass is 127. The van der Waals surface area contributed by atoms with Gasteiger partial charge in [-0.05, 0) is 27.5 Å². The predicted molar refractivity (Wildman–Crippen MR) is 121 cm³/mol. The third-order valence-corrected chi connectivity index (χ3v) is 7.46. The van der Waals surface area contributed by atoms with E-state index in [-0.39, 0.29) is 17.5 Å². The van der Waals surface area contributed by atoms with Gasteiger partial charge in [0, 0.05) is 73.0 Å². The van der Waals surface area contributed by atoms with Crippen molar-refractivity contribution in [3.63, 3.8) is 0 Å². The molecule has 146 valence electrons. The Morgan fingerprint density at radius 1 is 1.22 bits per heavy atom. The Morgan fingerprint density at radius 2 is 1.93 bits per heavy atom. The SMILES string of the molecule is Cc1ccc(C2CC(=O)C(C=NCCN3CCN(SI)CC3)=C(O)C2)cc1. The Labute approximate surface area is 177 Å². The average Bonchev–Trinajstić information content (AvgIpc) is 2.67. The number of aliphatic imine (C=N–C) groups is 1. The molecule has 27 heavy (non-hydrogen) atoms. The van der Waals surface area contributed by atoms with E-state index >= 15 is 0 Å². The smallest absolute Gasteiger partial charge is 0.168 e. The summed E-state index contributed by atoms with van der Waals surface area (Å²) in [6.07, 6.45) is 2.52. The topological polar surface area (TPSA) is 56.1 Å². The molecule has 0 bridgehead atoms. The first-order chi connectivity index (χ1) is 13.1. The van der Waals surface area contributed by atoms with Gasteiger partial charge >= 0.3 is 0 Å². The minimum atomic E-state index is -0.0132. The molecule has 1 aromatic rings. The number of Topliss-reactive ketones (excluding diaryl/α,β-unsaturated/α-hetero) is 1. The summed E-state index contributed by atoms with van der Waals surface area (Å²) in [7, 11) is 1.77. The molecule has 7 heteroatoms. The number of allylic oxidation sites excluding steroid dienone is 2.